The van der Waals surface area contributed by atoms with Crippen LogP contribution in [0.1, 0.15) is 40.4 Å². The highest BCUT2D eigenvalue weighted by molar-refractivity contribution is 6.06. The molecule has 1 fully saturated rings. The Morgan fingerprint density at radius 3 is 2.68 bits per heavy atom. The molecule has 0 unspecified atom stereocenters. The number of rotatable bonds is 4. The van der Waals surface area contributed by atoms with Crippen LogP contribution in [0.3, 0.4) is 0 Å². The monoisotopic (exact) mass is 331 g/mol. The summed E-state index contributed by atoms with van der Waals surface area (Å²) in [5.74, 6) is 0.407. The Kier molecular flexibility index (Phi) is 3.90. The molecular weight excluding hydrogens is 314 g/mol. The van der Waals surface area contributed by atoms with Gasteiger partial charge in [0, 0.05) is 17.0 Å². The number of amides is 1. The molecule has 5 heteroatoms. The summed E-state index contributed by atoms with van der Waals surface area (Å²) >= 11 is 0. The zero-order valence-electron chi connectivity index (χ0n) is 13.5. The number of benzene rings is 2. The standard InChI is InChI=1S/C20H17N3O2/c24-15-9-5-13(6-10-15)12-21-23-20(25)17-11-19(14-7-8-14)22-18-4-2-1-3-16(17)18/h1-6,9-12,14,24H,7-8H2,(H,23,25)/b21-12+. The van der Waals surface area contributed by atoms with E-state index in [1.807, 2.05) is 30.3 Å². The highest BCUT2D eigenvalue weighted by Gasteiger charge is 2.26. The number of phenols is 1. The van der Waals surface area contributed by atoms with Crippen LogP contribution >= 0.6 is 0 Å². The second-order valence-electron chi connectivity index (χ2n) is 6.18. The molecule has 1 saturated carbocycles. The van der Waals surface area contributed by atoms with Crippen molar-refractivity contribution in [3.05, 3.63) is 71.4 Å². The van der Waals surface area contributed by atoms with Crippen LogP contribution in [-0.2, 0) is 0 Å². The molecule has 1 aromatic heterocycles. The molecule has 1 heterocycles. The quantitative estimate of drug-likeness (QED) is 0.567. The molecule has 0 aliphatic heterocycles. The Bertz CT molecular complexity index is 960. The van der Waals surface area contributed by atoms with Crippen LogP contribution < -0.4 is 5.43 Å². The summed E-state index contributed by atoms with van der Waals surface area (Å²) in [5, 5.41) is 14.1. The minimum Gasteiger partial charge on any atom is -0.508 e. The van der Waals surface area contributed by atoms with Crippen LogP contribution in [0.15, 0.2) is 59.7 Å². The van der Waals surface area contributed by atoms with Crippen molar-refractivity contribution >= 4 is 23.0 Å². The summed E-state index contributed by atoms with van der Waals surface area (Å²) in [5.41, 5.74) is 5.77. The molecule has 124 valence electrons. The lowest BCUT2D eigenvalue weighted by molar-refractivity contribution is 0.0956. The Morgan fingerprint density at radius 1 is 1.16 bits per heavy atom. The maximum atomic E-state index is 12.6. The molecule has 5 nitrogen and oxygen atoms in total. The minimum absolute atomic E-state index is 0.192. The number of carbonyl (C=O) groups excluding carboxylic acids is 1. The van der Waals surface area contributed by atoms with Crippen molar-refractivity contribution in [2.45, 2.75) is 18.8 Å². The SMILES string of the molecule is O=C(N/N=C/c1ccc(O)cc1)c1cc(C2CC2)nc2ccccc12. The van der Waals surface area contributed by atoms with Crippen LogP contribution in [0, 0.1) is 0 Å². The van der Waals surface area contributed by atoms with Crippen molar-refractivity contribution in [3.8, 4) is 5.75 Å². The van der Waals surface area contributed by atoms with Crippen molar-refractivity contribution in [2.75, 3.05) is 0 Å². The van der Waals surface area contributed by atoms with E-state index in [1.54, 1.807) is 30.5 Å². The molecule has 0 spiro atoms. The molecular formula is C20H17N3O2. The number of hydrazone groups is 1. The van der Waals surface area contributed by atoms with E-state index in [9.17, 15) is 9.90 Å². The summed E-state index contributed by atoms with van der Waals surface area (Å²) < 4.78 is 0. The molecule has 4 rings (SSSR count). The number of carbonyl (C=O) groups is 1. The van der Waals surface area contributed by atoms with E-state index in [0.29, 0.717) is 11.5 Å². The fourth-order valence-electron chi connectivity index (χ4n) is 2.76. The lowest BCUT2D eigenvalue weighted by Crippen LogP contribution is -2.18. The Balaban J connectivity index is 1.59. The lowest BCUT2D eigenvalue weighted by Gasteiger charge is -2.08. The number of para-hydroxylation sites is 1. The predicted octanol–water partition coefficient (Wildman–Crippen LogP) is 3.58. The first-order valence-corrected chi connectivity index (χ1v) is 8.23. The number of hydrogen-bond donors (Lipinski definition) is 2. The first kappa shape index (κ1) is 15.3. The van der Waals surface area contributed by atoms with Gasteiger partial charge in [-0.15, -0.1) is 0 Å². The van der Waals surface area contributed by atoms with Gasteiger partial charge in [0.15, 0.2) is 0 Å². The van der Waals surface area contributed by atoms with Gasteiger partial charge in [0.05, 0.1) is 17.3 Å². The number of fused-ring (bicyclic) bond motifs is 1. The Hall–Kier alpha value is -3.21. The topological polar surface area (TPSA) is 74.6 Å². The summed E-state index contributed by atoms with van der Waals surface area (Å²) in [6.45, 7) is 0. The zero-order valence-corrected chi connectivity index (χ0v) is 13.5. The van der Waals surface area contributed by atoms with Crippen molar-refractivity contribution in [2.24, 2.45) is 5.10 Å². The van der Waals surface area contributed by atoms with Gasteiger partial charge < -0.3 is 5.11 Å². The van der Waals surface area contributed by atoms with E-state index in [-0.39, 0.29) is 11.7 Å². The lowest BCUT2D eigenvalue weighted by atomic mass is 10.1. The van der Waals surface area contributed by atoms with Gasteiger partial charge in [-0.05, 0) is 54.8 Å². The smallest absolute Gasteiger partial charge is 0.272 e. The molecule has 0 atom stereocenters. The maximum Gasteiger partial charge on any atom is 0.272 e. The predicted molar refractivity (Wildman–Crippen MR) is 96.9 cm³/mol. The third-order valence-corrected chi connectivity index (χ3v) is 4.25. The van der Waals surface area contributed by atoms with Crippen LogP contribution in [-0.4, -0.2) is 22.2 Å². The largest absolute Gasteiger partial charge is 0.508 e. The average Bonchev–Trinajstić information content (AvgIpc) is 3.47. The van der Waals surface area contributed by atoms with E-state index in [1.165, 1.54) is 0 Å². The van der Waals surface area contributed by atoms with E-state index < -0.39 is 0 Å². The Morgan fingerprint density at radius 2 is 1.92 bits per heavy atom. The van der Waals surface area contributed by atoms with Gasteiger partial charge in [-0.1, -0.05) is 18.2 Å². The minimum atomic E-state index is -0.254. The number of nitrogens with zero attached hydrogens (tertiary/aromatic N) is 2. The van der Waals surface area contributed by atoms with Gasteiger partial charge in [0.2, 0.25) is 0 Å². The highest BCUT2D eigenvalue weighted by Crippen LogP contribution is 2.40. The maximum absolute atomic E-state index is 12.6. The molecule has 1 amide bonds. The fraction of sp³-hybridized carbons (Fsp3) is 0.150. The number of phenolic OH excluding ortho intramolecular Hbond substituents is 1. The van der Waals surface area contributed by atoms with Gasteiger partial charge in [0.25, 0.3) is 5.91 Å². The number of hydrogen-bond acceptors (Lipinski definition) is 4. The first-order valence-electron chi connectivity index (χ1n) is 8.23. The fourth-order valence-corrected chi connectivity index (χ4v) is 2.76. The van der Waals surface area contributed by atoms with Crippen LogP contribution in [0.4, 0.5) is 0 Å². The summed E-state index contributed by atoms with van der Waals surface area (Å²) in [6, 6.07) is 16.1. The number of nitrogens with one attached hydrogen (secondary N) is 1. The summed E-state index contributed by atoms with van der Waals surface area (Å²) in [4.78, 5) is 17.3. The molecule has 2 N–H and O–H groups in total. The van der Waals surface area contributed by atoms with Gasteiger partial charge in [-0.2, -0.15) is 5.10 Å². The van der Waals surface area contributed by atoms with E-state index in [2.05, 4.69) is 15.5 Å². The number of aromatic hydroxyl groups is 1. The molecule has 1 aliphatic rings. The second-order valence-corrected chi connectivity index (χ2v) is 6.18. The molecule has 2 aromatic carbocycles. The molecule has 0 saturated heterocycles. The average molecular weight is 331 g/mol. The molecule has 0 bridgehead atoms. The number of pyridine rings is 1. The van der Waals surface area contributed by atoms with E-state index in [4.69, 9.17) is 0 Å². The first-order chi connectivity index (χ1) is 12.2. The zero-order chi connectivity index (χ0) is 17.2. The van der Waals surface area contributed by atoms with Crippen LogP contribution in [0.5, 0.6) is 5.75 Å². The summed E-state index contributed by atoms with van der Waals surface area (Å²) in [6.07, 6.45) is 3.80. The normalized spacial score (nSPS) is 14.1. The number of aromatic nitrogens is 1. The highest BCUT2D eigenvalue weighted by atomic mass is 16.3. The molecule has 0 radical (unpaired) electrons. The second kappa shape index (κ2) is 6.36. The molecule has 1 aliphatic carbocycles. The van der Waals surface area contributed by atoms with E-state index in [0.717, 1.165) is 35.0 Å². The van der Waals surface area contributed by atoms with Crippen molar-refractivity contribution < 1.29 is 9.90 Å². The van der Waals surface area contributed by atoms with Crippen molar-refractivity contribution in [3.63, 3.8) is 0 Å². The van der Waals surface area contributed by atoms with E-state index >= 15 is 0 Å². The van der Waals surface area contributed by atoms with Gasteiger partial charge in [-0.3, -0.25) is 9.78 Å². The molecule has 3 aromatic rings. The van der Waals surface area contributed by atoms with Crippen molar-refractivity contribution in [1.82, 2.24) is 10.4 Å². The Labute approximate surface area is 145 Å². The summed E-state index contributed by atoms with van der Waals surface area (Å²) in [7, 11) is 0. The van der Waals surface area contributed by atoms with Gasteiger partial charge >= 0.3 is 0 Å². The third-order valence-electron chi connectivity index (χ3n) is 4.25. The van der Waals surface area contributed by atoms with Crippen LogP contribution in [0.2, 0.25) is 0 Å². The van der Waals surface area contributed by atoms with Crippen molar-refractivity contribution in [1.29, 1.82) is 0 Å². The van der Waals surface area contributed by atoms with Crippen LogP contribution in [0.25, 0.3) is 10.9 Å². The van der Waals surface area contributed by atoms with Gasteiger partial charge in [0.1, 0.15) is 5.75 Å². The third kappa shape index (κ3) is 3.35. The molecule has 25 heavy (non-hydrogen) atoms. The van der Waals surface area contributed by atoms with Gasteiger partial charge in [-0.25, -0.2) is 5.43 Å².